The molecule has 0 saturated carbocycles. The summed E-state index contributed by atoms with van der Waals surface area (Å²) in [5, 5.41) is 1.90. The molecule has 0 fully saturated rings. The lowest BCUT2D eigenvalue weighted by molar-refractivity contribution is -0.114. The number of aromatic amines is 1. The van der Waals surface area contributed by atoms with Crippen molar-refractivity contribution in [1.29, 1.82) is 0 Å². The topological polar surface area (TPSA) is 114 Å². The lowest BCUT2D eigenvalue weighted by atomic mass is 10.2. The highest BCUT2D eigenvalue weighted by molar-refractivity contribution is 7.10. The minimum absolute atomic E-state index is 0.0303. The maximum absolute atomic E-state index is 13.1. The number of nitrogen functional groups attached to an aromatic ring is 1. The van der Waals surface area contributed by atoms with Crippen LogP contribution in [0.1, 0.15) is 16.2 Å². The number of aromatic nitrogens is 2. The molecule has 0 spiro atoms. The highest BCUT2D eigenvalue weighted by Crippen LogP contribution is 2.21. The fraction of sp³-hybridized carbons (Fsp3) is 0.0870. The first kappa shape index (κ1) is 21.1. The van der Waals surface area contributed by atoms with E-state index in [-0.39, 0.29) is 24.6 Å². The maximum Gasteiger partial charge on any atom is 0.330 e. The van der Waals surface area contributed by atoms with Gasteiger partial charge in [-0.25, -0.2) is 4.79 Å². The molecule has 4 aromatic rings. The van der Waals surface area contributed by atoms with Gasteiger partial charge in [-0.15, -0.1) is 11.3 Å². The molecular formula is C23H20N4O4S. The van der Waals surface area contributed by atoms with Crippen LogP contribution < -0.4 is 21.9 Å². The third-order valence-electron chi connectivity index (χ3n) is 4.76. The molecule has 32 heavy (non-hydrogen) atoms. The van der Waals surface area contributed by atoms with Crippen molar-refractivity contribution in [2.75, 3.05) is 10.6 Å². The minimum atomic E-state index is -0.749. The highest BCUT2D eigenvalue weighted by atomic mass is 32.1. The average molecular weight is 449 g/mol. The second-order valence-corrected chi connectivity index (χ2v) is 7.90. The zero-order valence-electron chi connectivity index (χ0n) is 16.9. The van der Waals surface area contributed by atoms with E-state index in [1.165, 1.54) is 33.1 Å². The minimum Gasteiger partial charge on any atom is -0.467 e. The summed E-state index contributed by atoms with van der Waals surface area (Å²) < 4.78 is 6.61. The SMILES string of the molecule is Nc1c(N(Cc2ccco2)C(=O)/C=C\c2cccs2)c(=O)[nH]c(=O)n1Cc1ccccc1. The van der Waals surface area contributed by atoms with Crippen LogP contribution in [0, 0.1) is 0 Å². The molecule has 1 amide bonds. The molecule has 0 aliphatic heterocycles. The van der Waals surface area contributed by atoms with Crippen LogP contribution in [0.4, 0.5) is 11.5 Å². The highest BCUT2D eigenvalue weighted by Gasteiger charge is 2.24. The standard InChI is InChI=1S/C23H20N4O4S/c24-21-20(22(29)25-23(30)27(21)14-16-6-2-1-3-7-16)26(15-17-8-4-12-31-17)19(28)11-10-18-9-5-13-32-18/h1-13H,14-15,24H2,(H,25,29,30)/b11-10-. The molecule has 4 rings (SSSR count). The van der Waals surface area contributed by atoms with Gasteiger partial charge in [0.1, 0.15) is 11.6 Å². The molecule has 3 heterocycles. The van der Waals surface area contributed by atoms with Crippen molar-refractivity contribution >= 4 is 34.8 Å². The Hall–Kier alpha value is -4.11. The van der Waals surface area contributed by atoms with Crippen molar-refractivity contribution < 1.29 is 9.21 Å². The van der Waals surface area contributed by atoms with Gasteiger partial charge in [-0.05, 0) is 35.2 Å². The molecule has 0 atom stereocenters. The first-order chi connectivity index (χ1) is 15.5. The first-order valence-electron chi connectivity index (χ1n) is 9.75. The van der Waals surface area contributed by atoms with Crippen LogP contribution in [-0.4, -0.2) is 15.5 Å². The summed E-state index contributed by atoms with van der Waals surface area (Å²) in [6, 6.07) is 16.3. The Morgan fingerprint density at radius 1 is 1.12 bits per heavy atom. The largest absolute Gasteiger partial charge is 0.467 e. The van der Waals surface area contributed by atoms with Crippen molar-refractivity contribution in [1.82, 2.24) is 9.55 Å². The predicted molar refractivity (Wildman–Crippen MR) is 125 cm³/mol. The molecule has 3 N–H and O–H groups in total. The number of carbonyl (C=O) groups excluding carboxylic acids is 1. The van der Waals surface area contributed by atoms with Gasteiger partial charge in [-0.2, -0.15) is 0 Å². The summed E-state index contributed by atoms with van der Waals surface area (Å²) in [5.74, 6) is -0.119. The number of nitrogens with one attached hydrogen (secondary N) is 1. The van der Waals surface area contributed by atoms with Gasteiger partial charge in [0.05, 0.1) is 19.4 Å². The number of hydrogen-bond acceptors (Lipinski definition) is 6. The molecule has 3 aromatic heterocycles. The second kappa shape index (κ2) is 9.36. The molecule has 0 bridgehead atoms. The number of nitrogens with zero attached hydrogens (tertiary/aromatic N) is 2. The molecule has 0 saturated heterocycles. The summed E-state index contributed by atoms with van der Waals surface area (Å²) in [6.07, 6.45) is 4.50. The van der Waals surface area contributed by atoms with Gasteiger partial charge >= 0.3 is 5.69 Å². The zero-order chi connectivity index (χ0) is 22.5. The van der Waals surface area contributed by atoms with Gasteiger partial charge in [-0.1, -0.05) is 36.4 Å². The Morgan fingerprint density at radius 2 is 1.94 bits per heavy atom. The van der Waals surface area contributed by atoms with Crippen LogP contribution >= 0.6 is 11.3 Å². The molecule has 0 aliphatic rings. The number of furan rings is 1. The molecule has 162 valence electrons. The van der Waals surface area contributed by atoms with E-state index in [1.807, 2.05) is 47.8 Å². The average Bonchev–Trinajstić information content (AvgIpc) is 3.49. The summed E-state index contributed by atoms with van der Waals surface area (Å²) in [6.45, 7) is 0.112. The van der Waals surface area contributed by atoms with E-state index in [1.54, 1.807) is 18.2 Å². The van der Waals surface area contributed by atoms with E-state index in [2.05, 4.69) is 4.98 Å². The third kappa shape index (κ3) is 4.62. The Morgan fingerprint density at radius 3 is 2.62 bits per heavy atom. The van der Waals surface area contributed by atoms with Crippen molar-refractivity contribution in [3.8, 4) is 0 Å². The summed E-state index contributed by atoms with van der Waals surface area (Å²) in [7, 11) is 0. The number of hydrogen-bond donors (Lipinski definition) is 2. The number of rotatable bonds is 7. The summed E-state index contributed by atoms with van der Waals surface area (Å²) >= 11 is 1.48. The summed E-state index contributed by atoms with van der Waals surface area (Å²) in [4.78, 5) is 42.8. The number of thiophene rings is 1. The Bertz CT molecular complexity index is 1340. The predicted octanol–water partition coefficient (Wildman–Crippen LogP) is 3.07. The smallest absolute Gasteiger partial charge is 0.330 e. The van der Waals surface area contributed by atoms with Gasteiger partial charge in [0.15, 0.2) is 5.69 Å². The number of H-pyrrole nitrogens is 1. The van der Waals surface area contributed by atoms with Gasteiger partial charge in [0, 0.05) is 11.0 Å². The summed E-state index contributed by atoms with van der Waals surface area (Å²) in [5.41, 5.74) is 5.59. The van der Waals surface area contributed by atoms with E-state index in [4.69, 9.17) is 10.2 Å². The molecular weight excluding hydrogens is 428 g/mol. The van der Waals surface area contributed by atoms with Gasteiger partial charge in [0.2, 0.25) is 0 Å². The number of amides is 1. The molecule has 0 radical (unpaired) electrons. The number of anilines is 2. The Kier molecular flexibility index (Phi) is 6.18. The zero-order valence-corrected chi connectivity index (χ0v) is 17.7. The number of carbonyl (C=O) groups is 1. The Balaban J connectivity index is 1.77. The van der Waals surface area contributed by atoms with Crippen LogP contribution in [0.3, 0.4) is 0 Å². The number of nitrogens with two attached hydrogens (primary N) is 1. The maximum atomic E-state index is 13.1. The van der Waals surface area contributed by atoms with E-state index in [0.29, 0.717) is 5.76 Å². The van der Waals surface area contributed by atoms with Crippen molar-refractivity contribution in [2.45, 2.75) is 13.1 Å². The number of benzene rings is 1. The molecule has 9 heteroatoms. The van der Waals surface area contributed by atoms with Crippen LogP contribution in [0.5, 0.6) is 0 Å². The lowest BCUT2D eigenvalue weighted by Gasteiger charge is -2.22. The van der Waals surface area contributed by atoms with E-state index < -0.39 is 17.2 Å². The first-order valence-corrected chi connectivity index (χ1v) is 10.6. The monoisotopic (exact) mass is 448 g/mol. The van der Waals surface area contributed by atoms with Crippen molar-refractivity contribution in [3.05, 3.63) is 109 Å². The second-order valence-electron chi connectivity index (χ2n) is 6.92. The van der Waals surface area contributed by atoms with Gasteiger partial charge in [-0.3, -0.25) is 24.0 Å². The van der Waals surface area contributed by atoms with Crippen LogP contribution in [0.15, 0.2) is 86.3 Å². The molecule has 1 aromatic carbocycles. The lowest BCUT2D eigenvalue weighted by Crippen LogP contribution is -2.40. The third-order valence-corrected chi connectivity index (χ3v) is 5.60. The molecule has 8 nitrogen and oxygen atoms in total. The van der Waals surface area contributed by atoms with Gasteiger partial charge in [0.25, 0.3) is 11.5 Å². The van der Waals surface area contributed by atoms with E-state index >= 15 is 0 Å². The Labute approximate surface area is 186 Å². The van der Waals surface area contributed by atoms with Crippen molar-refractivity contribution in [2.24, 2.45) is 0 Å². The molecule has 0 aliphatic carbocycles. The normalized spacial score (nSPS) is 11.1. The fourth-order valence-corrected chi connectivity index (χ4v) is 3.83. The quantitative estimate of drug-likeness (QED) is 0.422. The van der Waals surface area contributed by atoms with E-state index in [9.17, 15) is 14.4 Å². The fourth-order valence-electron chi connectivity index (χ4n) is 3.22. The van der Waals surface area contributed by atoms with E-state index in [0.717, 1.165) is 10.4 Å². The van der Waals surface area contributed by atoms with Crippen LogP contribution in [0.2, 0.25) is 0 Å². The van der Waals surface area contributed by atoms with Crippen LogP contribution in [-0.2, 0) is 17.9 Å². The van der Waals surface area contributed by atoms with Crippen molar-refractivity contribution in [3.63, 3.8) is 0 Å². The van der Waals surface area contributed by atoms with Gasteiger partial charge < -0.3 is 10.2 Å². The molecule has 0 unspecified atom stereocenters. The van der Waals surface area contributed by atoms with Crippen LogP contribution in [0.25, 0.3) is 6.08 Å².